The number of rotatable bonds is 8. The quantitative estimate of drug-likeness (QED) is 0.205. The number of piperazine rings is 2. The average Bonchev–Trinajstić information content (AvgIpc) is 3.24. The van der Waals surface area contributed by atoms with Crippen molar-refractivity contribution in [1.82, 2.24) is 30.1 Å². The summed E-state index contributed by atoms with van der Waals surface area (Å²) in [7, 11) is 0. The van der Waals surface area contributed by atoms with E-state index in [-0.39, 0.29) is 17.8 Å². The summed E-state index contributed by atoms with van der Waals surface area (Å²) in [5.41, 5.74) is 8.81. The molecule has 15 heteroatoms. The summed E-state index contributed by atoms with van der Waals surface area (Å²) in [6.45, 7) is 10.4. The third-order valence-corrected chi connectivity index (χ3v) is 11.3. The first-order chi connectivity index (χ1) is 27.8. The van der Waals surface area contributed by atoms with Crippen LogP contribution in [-0.2, 0) is 9.59 Å². The van der Waals surface area contributed by atoms with E-state index in [1.165, 1.54) is 0 Å². The Labute approximate surface area is 330 Å². The molecular weight excluding hydrogens is 723 g/mol. The van der Waals surface area contributed by atoms with E-state index in [4.69, 9.17) is 9.72 Å². The number of nitrogens with zero attached hydrogens (tertiary/aromatic N) is 8. The molecule has 3 saturated heterocycles. The number of aromatic nitrogens is 3. The van der Waals surface area contributed by atoms with E-state index in [0.717, 1.165) is 102 Å². The Bertz CT molecular complexity index is 2300. The van der Waals surface area contributed by atoms with Crippen molar-refractivity contribution < 1.29 is 19.1 Å². The van der Waals surface area contributed by atoms with Crippen LogP contribution >= 0.6 is 0 Å². The molecule has 5 aromatic rings. The molecule has 0 atom stereocenters. The Balaban J connectivity index is 0.744. The number of nitrogens with one attached hydrogen (secondary N) is 3. The molecule has 0 unspecified atom stereocenters. The second-order valence-electron chi connectivity index (χ2n) is 14.8. The fraction of sp³-hybridized carbons (Fsp3) is 0.333. The van der Waals surface area contributed by atoms with Crippen molar-refractivity contribution in [2.75, 3.05) is 104 Å². The summed E-state index contributed by atoms with van der Waals surface area (Å²) in [5, 5.41) is 10.1. The minimum atomic E-state index is -0.380. The number of carbonyl (C=O) groups excluding carboxylic acids is 3. The highest BCUT2D eigenvalue weighted by Gasteiger charge is 2.27. The second kappa shape index (κ2) is 15.6. The second-order valence-corrected chi connectivity index (χ2v) is 14.8. The maximum Gasteiger partial charge on any atom is 0.328 e. The first-order valence-corrected chi connectivity index (χ1v) is 19.6. The molecule has 9 rings (SSSR count). The molecule has 15 nitrogen and oxygen atoms in total. The minimum Gasteiger partial charge on any atom is -0.474 e. The molecule has 0 radical (unpaired) electrons. The fourth-order valence-electron chi connectivity index (χ4n) is 7.97. The van der Waals surface area contributed by atoms with Gasteiger partial charge < -0.3 is 30.1 Å². The Morgan fingerprint density at radius 3 is 2.25 bits per heavy atom. The molecule has 0 aliphatic carbocycles. The topological polar surface area (TPSA) is 151 Å². The van der Waals surface area contributed by atoms with Gasteiger partial charge in [0.1, 0.15) is 12.3 Å². The SMILES string of the molecule is Cc1c(-c2ccc3cnc(Nc4ccc(N5CCN(C(=O)CN6CCN(c7ccc(N8CCC(=O)NC8=O)cc7)CC6)CC5)cc4)nc3c2)cnc2c1NCCO2. The van der Waals surface area contributed by atoms with Gasteiger partial charge in [-0.2, -0.15) is 0 Å². The lowest BCUT2D eigenvalue weighted by Crippen LogP contribution is -2.54. The van der Waals surface area contributed by atoms with E-state index in [1.54, 1.807) is 4.90 Å². The summed E-state index contributed by atoms with van der Waals surface area (Å²) in [6.07, 6.45) is 4.00. The lowest BCUT2D eigenvalue weighted by atomic mass is 10.00. The van der Waals surface area contributed by atoms with Gasteiger partial charge in [0.25, 0.3) is 0 Å². The molecule has 0 spiro atoms. The van der Waals surface area contributed by atoms with Crippen molar-refractivity contribution in [3.05, 3.63) is 84.7 Å². The molecular formula is C42H45N11O4. The van der Waals surface area contributed by atoms with Gasteiger partial charge in [0.15, 0.2) is 0 Å². The fourth-order valence-corrected chi connectivity index (χ4v) is 7.97. The third kappa shape index (κ3) is 7.70. The number of anilines is 6. The molecule has 0 saturated carbocycles. The number of fused-ring (bicyclic) bond motifs is 2. The van der Waals surface area contributed by atoms with E-state index in [2.05, 4.69) is 71.8 Å². The number of imide groups is 1. The number of benzene rings is 3. The molecule has 4 aliphatic rings. The van der Waals surface area contributed by atoms with Gasteiger partial charge in [-0.25, -0.2) is 19.7 Å². The maximum atomic E-state index is 13.3. The normalized spacial score (nSPS) is 17.5. The van der Waals surface area contributed by atoms with Crippen molar-refractivity contribution in [3.63, 3.8) is 0 Å². The van der Waals surface area contributed by atoms with Gasteiger partial charge in [-0.3, -0.25) is 24.7 Å². The van der Waals surface area contributed by atoms with Crippen LogP contribution in [0.4, 0.5) is 39.2 Å². The van der Waals surface area contributed by atoms with Crippen LogP contribution in [0.2, 0.25) is 0 Å². The lowest BCUT2D eigenvalue weighted by Gasteiger charge is -2.39. The van der Waals surface area contributed by atoms with Crippen molar-refractivity contribution >= 4 is 63.1 Å². The van der Waals surface area contributed by atoms with Gasteiger partial charge in [-0.05, 0) is 72.6 Å². The third-order valence-electron chi connectivity index (χ3n) is 11.3. The summed E-state index contributed by atoms with van der Waals surface area (Å²) < 4.78 is 5.71. The Morgan fingerprint density at radius 1 is 0.807 bits per heavy atom. The summed E-state index contributed by atoms with van der Waals surface area (Å²) in [6, 6.07) is 22.0. The van der Waals surface area contributed by atoms with Gasteiger partial charge in [0.2, 0.25) is 23.6 Å². The molecule has 4 amide bonds. The van der Waals surface area contributed by atoms with Crippen LogP contribution < -0.4 is 35.4 Å². The van der Waals surface area contributed by atoms with E-state index in [0.29, 0.717) is 51.0 Å². The summed E-state index contributed by atoms with van der Waals surface area (Å²) >= 11 is 0. The molecule has 3 N–H and O–H groups in total. The number of hydrogen-bond acceptors (Lipinski definition) is 12. The number of hydrogen-bond donors (Lipinski definition) is 3. The number of amides is 4. The minimum absolute atomic E-state index is 0.175. The predicted octanol–water partition coefficient (Wildman–Crippen LogP) is 4.47. The van der Waals surface area contributed by atoms with E-state index < -0.39 is 0 Å². The summed E-state index contributed by atoms with van der Waals surface area (Å²) in [4.78, 5) is 61.4. The van der Waals surface area contributed by atoms with E-state index in [1.807, 2.05) is 59.8 Å². The number of urea groups is 1. The highest BCUT2D eigenvalue weighted by molar-refractivity contribution is 6.05. The van der Waals surface area contributed by atoms with Crippen LogP contribution in [0.3, 0.4) is 0 Å². The first kappa shape index (κ1) is 36.2. The van der Waals surface area contributed by atoms with Crippen LogP contribution in [-0.4, -0.2) is 121 Å². The molecule has 3 aromatic carbocycles. The zero-order valence-electron chi connectivity index (χ0n) is 31.9. The smallest absolute Gasteiger partial charge is 0.328 e. The molecule has 57 heavy (non-hydrogen) atoms. The van der Waals surface area contributed by atoms with Crippen LogP contribution in [0.5, 0.6) is 5.88 Å². The predicted molar refractivity (Wildman–Crippen MR) is 221 cm³/mol. The van der Waals surface area contributed by atoms with Gasteiger partial charge in [-0.1, -0.05) is 12.1 Å². The highest BCUT2D eigenvalue weighted by atomic mass is 16.5. The van der Waals surface area contributed by atoms with Crippen molar-refractivity contribution in [1.29, 1.82) is 0 Å². The number of ether oxygens (including phenoxy) is 1. The molecule has 2 aromatic heterocycles. The monoisotopic (exact) mass is 767 g/mol. The standard InChI is InChI=1S/C42H45N11O4/c1-28-35(26-44-40-39(28)43-13-23-57-40)29-2-3-30-25-45-41(47-36(30)24-29)46-31-4-6-32(7-5-31)51-19-21-52(22-20-51)38(55)27-49-15-17-50(18-16-49)33-8-10-34(11-9-33)53-14-12-37(54)48-42(53)56/h2-11,24-26,43H,12-23,27H2,1H3,(H,45,46,47)(H,48,54,56). The Hall–Kier alpha value is -6.48. The highest BCUT2D eigenvalue weighted by Crippen LogP contribution is 2.36. The summed E-state index contributed by atoms with van der Waals surface area (Å²) in [5.74, 6) is 1.11. The zero-order chi connectivity index (χ0) is 38.9. The average molecular weight is 768 g/mol. The maximum absolute atomic E-state index is 13.3. The first-order valence-electron chi connectivity index (χ1n) is 19.6. The van der Waals surface area contributed by atoms with Crippen LogP contribution in [0.15, 0.2) is 79.1 Å². The molecule has 292 valence electrons. The largest absolute Gasteiger partial charge is 0.474 e. The Kier molecular flexibility index (Phi) is 9.88. The zero-order valence-corrected chi connectivity index (χ0v) is 31.9. The van der Waals surface area contributed by atoms with Gasteiger partial charge >= 0.3 is 6.03 Å². The van der Waals surface area contributed by atoms with Crippen molar-refractivity contribution in [2.24, 2.45) is 0 Å². The molecule has 4 aliphatic heterocycles. The van der Waals surface area contributed by atoms with Gasteiger partial charge in [0.05, 0.1) is 12.1 Å². The Morgan fingerprint density at radius 2 is 1.51 bits per heavy atom. The van der Waals surface area contributed by atoms with Crippen molar-refractivity contribution in [2.45, 2.75) is 13.3 Å². The van der Waals surface area contributed by atoms with Crippen LogP contribution in [0.1, 0.15) is 12.0 Å². The van der Waals surface area contributed by atoms with Gasteiger partial charge in [-0.15, -0.1) is 0 Å². The van der Waals surface area contributed by atoms with Crippen LogP contribution in [0.25, 0.3) is 22.0 Å². The molecule has 6 heterocycles. The molecule has 0 bridgehead atoms. The van der Waals surface area contributed by atoms with E-state index >= 15 is 0 Å². The lowest BCUT2D eigenvalue weighted by molar-refractivity contribution is -0.132. The van der Waals surface area contributed by atoms with Crippen LogP contribution in [0, 0.1) is 6.92 Å². The van der Waals surface area contributed by atoms with Crippen molar-refractivity contribution in [3.8, 4) is 17.0 Å². The number of pyridine rings is 1. The molecule has 3 fully saturated rings. The van der Waals surface area contributed by atoms with Gasteiger partial charge in [0, 0.05) is 118 Å². The van der Waals surface area contributed by atoms with E-state index in [9.17, 15) is 14.4 Å². The number of carbonyl (C=O) groups is 3.